The van der Waals surface area contributed by atoms with E-state index in [2.05, 4.69) is 25.7 Å². The minimum atomic E-state index is -4.42. The number of benzene rings is 1. The molecule has 0 radical (unpaired) electrons. The average Bonchev–Trinajstić information content (AvgIpc) is 3.41. The number of halogens is 3. The smallest absolute Gasteiger partial charge is 0.339 e. The molecule has 1 fully saturated rings. The molecule has 0 spiro atoms. The van der Waals surface area contributed by atoms with Crippen molar-refractivity contribution in [2.75, 3.05) is 18.0 Å². The molecule has 4 heterocycles. The fourth-order valence-corrected chi connectivity index (χ4v) is 3.84. The number of aromatic nitrogens is 7. The molecule has 5 rings (SSSR count). The van der Waals surface area contributed by atoms with Crippen LogP contribution in [0.2, 0.25) is 0 Å². The number of hydrogen-bond acceptors (Lipinski definition) is 6. The molecular weight excluding hydrogens is 397 g/mol. The normalized spacial score (nSPS) is 17.6. The predicted molar refractivity (Wildman–Crippen MR) is 101 cm³/mol. The Kier molecular flexibility index (Phi) is 4.37. The largest absolute Gasteiger partial charge is 0.417 e. The number of pyridine rings is 1. The summed E-state index contributed by atoms with van der Waals surface area (Å²) in [4.78, 5) is 2.04. The number of fused-ring (bicyclic) bond motifs is 1. The lowest BCUT2D eigenvalue weighted by Crippen LogP contribution is -2.36. The second-order valence-electron chi connectivity index (χ2n) is 7.21. The number of para-hydroxylation sites is 1. The summed E-state index contributed by atoms with van der Waals surface area (Å²) in [5.74, 6) is 1.01. The van der Waals surface area contributed by atoms with Gasteiger partial charge < -0.3 is 4.90 Å². The van der Waals surface area contributed by atoms with Crippen molar-refractivity contribution in [2.24, 2.45) is 0 Å². The Morgan fingerprint density at radius 3 is 2.60 bits per heavy atom. The van der Waals surface area contributed by atoms with Crippen LogP contribution in [0.5, 0.6) is 0 Å². The second kappa shape index (κ2) is 7.08. The van der Waals surface area contributed by atoms with Crippen molar-refractivity contribution in [3.05, 3.63) is 60.0 Å². The van der Waals surface area contributed by atoms with E-state index < -0.39 is 11.7 Å². The van der Waals surface area contributed by atoms with E-state index in [1.54, 1.807) is 4.68 Å². The van der Waals surface area contributed by atoms with E-state index in [1.807, 2.05) is 35.2 Å². The van der Waals surface area contributed by atoms with Gasteiger partial charge in [-0.3, -0.25) is 4.40 Å². The van der Waals surface area contributed by atoms with Gasteiger partial charge in [0.15, 0.2) is 5.65 Å². The van der Waals surface area contributed by atoms with Gasteiger partial charge in [0.2, 0.25) is 5.95 Å². The third kappa shape index (κ3) is 3.25. The van der Waals surface area contributed by atoms with E-state index in [1.165, 1.54) is 10.5 Å². The van der Waals surface area contributed by atoms with Gasteiger partial charge in [0.1, 0.15) is 5.82 Å². The molecule has 1 aliphatic rings. The number of alkyl halides is 3. The minimum Gasteiger partial charge on any atom is -0.339 e. The Labute approximate surface area is 168 Å². The van der Waals surface area contributed by atoms with Crippen LogP contribution in [0.15, 0.2) is 48.7 Å². The van der Waals surface area contributed by atoms with Crippen LogP contribution in [0.3, 0.4) is 0 Å². The molecule has 0 aliphatic carbocycles. The SMILES string of the molecule is FC(F)(F)c1ccc2nnc(C3CCCN(c4nnnn4-c4ccccc4)C3)n2c1. The van der Waals surface area contributed by atoms with Crippen molar-refractivity contribution in [3.8, 4) is 5.69 Å². The summed E-state index contributed by atoms with van der Waals surface area (Å²) in [6.07, 6.45) is -1.73. The van der Waals surface area contributed by atoms with Gasteiger partial charge in [-0.25, -0.2) is 0 Å². The monoisotopic (exact) mass is 414 g/mol. The summed E-state index contributed by atoms with van der Waals surface area (Å²) in [5.41, 5.74) is 0.503. The van der Waals surface area contributed by atoms with Gasteiger partial charge in [-0.05, 0) is 47.5 Å². The lowest BCUT2D eigenvalue weighted by Gasteiger charge is -2.32. The van der Waals surface area contributed by atoms with E-state index in [4.69, 9.17) is 0 Å². The van der Waals surface area contributed by atoms with Gasteiger partial charge in [0.25, 0.3) is 0 Å². The van der Waals surface area contributed by atoms with Crippen LogP contribution in [0, 0.1) is 0 Å². The summed E-state index contributed by atoms with van der Waals surface area (Å²) >= 11 is 0. The first-order valence-corrected chi connectivity index (χ1v) is 9.51. The van der Waals surface area contributed by atoms with E-state index in [9.17, 15) is 13.2 Å². The van der Waals surface area contributed by atoms with Crippen molar-refractivity contribution in [3.63, 3.8) is 0 Å². The molecule has 1 aliphatic heterocycles. The average molecular weight is 414 g/mol. The number of nitrogens with zero attached hydrogens (tertiary/aromatic N) is 8. The minimum absolute atomic E-state index is 0.0989. The van der Waals surface area contributed by atoms with Crippen LogP contribution in [-0.4, -0.2) is 47.9 Å². The van der Waals surface area contributed by atoms with Gasteiger partial charge in [-0.15, -0.1) is 10.2 Å². The highest BCUT2D eigenvalue weighted by atomic mass is 19.4. The number of anilines is 1. The molecule has 0 bridgehead atoms. The van der Waals surface area contributed by atoms with E-state index in [0.717, 1.165) is 37.3 Å². The van der Waals surface area contributed by atoms with Gasteiger partial charge in [-0.1, -0.05) is 23.3 Å². The predicted octanol–water partition coefficient (Wildman–Crippen LogP) is 3.11. The molecule has 0 saturated carbocycles. The zero-order chi connectivity index (χ0) is 20.7. The lowest BCUT2D eigenvalue weighted by atomic mass is 9.97. The van der Waals surface area contributed by atoms with Crippen LogP contribution < -0.4 is 4.90 Å². The molecule has 154 valence electrons. The van der Waals surface area contributed by atoms with Crippen molar-refractivity contribution < 1.29 is 13.2 Å². The van der Waals surface area contributed by atoms with Crippen LogP contribution in [0.25, 0.3) is 11.3 Å². The van der Waals surface area contributed by atoms with Crippen molar-refractivity contribution in [2.45, 2.75) is 24.9 Å². The molecule has 1 saturated heterocycles. The van der Waals surface area contributed by atoms with Crippen molar-refractivity contribution in [1.82, 2.24) is 34.8 Å². The molecule has 8 nitrogen and oxygen atoms in total. The third-order valence-electron chi connectivity index (χ3n) is 5.28. The zero-order valence-corrected chi connectivity index (χ0v) is 15.7. The molecule has 30 heavy (non-hydrogen) atoms. The first-order chi connectivity index (χ1) is 14.5. The van der Waals surface area contributed by atoms with Crippen LogP contribution in [0.4, 0.5) is 19.1 Å². The van der Waals surface area contributed by atoms with Crippen LogP contribution in [0.1, 0.15) is 30.1 Å². The third-order valence-corrected chi connectivity index (χ3v) is 5.28. The standard InChI is InChI=1S/C19H17F3N8/c20-19(21,22)14-8-9-16-23-24-17(29(16)12-14)13-5-4-10-28(11-13)18-25-26-27-30(18)15-6-2-1-3-7-15/h1-3,6-9,12-13H,4-5,10-11H2. The second-order valence-corrected chi connectivity index (χ2v) is 7.21. The fourth-order valence-electron chi connectivity index (χ4n) is 3.84. The summed E-state index contributed by atoms with van der Waals surface area (Å²) in [7, 11) is 0. The maximum absolute atomic E-state index is 13.2. The van der Waals surface area contributed by atoms with E-state index >= 15 is 0 Å². The van der Waals surface area contributed by atoms with E-state index in [0.29, 0.717) is 24.0 Å². The number of piperidine rings is 1. The van der Waals surface area contributed by atoms with Gasteiger partial charge in [-0.2, -0.15) is 17.9 Å². The molecule has 1 unspecified atom stereocenters. The van der Waals surface area contributed by atoms with Crippen molar-refractivity contribution in [1.29, 1.82) is 0 Å². The molecule has 1 aromatic carbocycles. The van der Waals surface area contributed by atoms with E-state index in [-0.39, 0.29) is 5.92 Å². The van der Waals surface area contributed by atoms with Gasteiger partial charge in [0.05, 0.1) is 11.3 Å². The Bertz CT molecular complexity index is 1170. The summed E-state index contributed by atoms with van der Waals surface area (Å²) in [6.45, 7) is 1.28. The quantitative estimate of drug-likeness (QED) is 0.513. The molecule has 1 atom stereocenters. The highest BCUT2D eigenvalue weighted by Crippen LogP contribution is 2.32. The fraction of sp³-hybridized carbons (Fsp3) is 0.316. The van der Waals surface area contributed by atoms with Crippen molar-refractivity contribution >= 4 is 11.6 Å². The number of hydrogen-bond donors (Lipinski definition) is 0. The Hall–Kier alpha value is -3.50. The molecule has 3 aromatic heterocycles. The van der Waals surface area contributed by atoms with Gasteiger partial charge >= 0.3 is 6.18 Å². The zero-order valence-electron chi connectivity index (χ0n) is 15.7. The molecular formula is C19H17F3N8. The molecule has 0 amide bonds. The summed E-state index contributed by atoms with van der Waals surface area (Å²) in [5, 5.41) is 20.3. The summed E-state index contributed by atoms with van der Waals surface area (Å²) < 4.78 is 42.6. The van der Waals surface area contributed by atoms with Gasteiger partial charge in [0, 0.05) is 25.2 Å². The van der Waals surface area contributed by atoms with Crippen LogP contribution >= 0.6 is 0 Å². The Balaban J connectivity index is 1.47. The lowest BCUT2D eigenvalue weighted by molar-refractivity contribution is -0.137. The first kappa shape index (κ1) is 18.5. The molecule has 11 heteroatoms. The maximum atomic E-state index is 13.2. The highest BCUT2D eigenvalue weighted by Gasteiger charge is 2.33. The van der Waals surface area contributed by atoms with Crippen LogP contribution in [-0.2, 0) is 6.18 Å². The maximum Gasteiger partial charge on any atom is 0.417 e. The highest BCUT2D eigenvalue weighted by molar-refractivity contribution is 5.43. The number of rotatable bonds is 3. The summed E-state index contributed by atoms with van der Waals surface area (Å²) in [6, 6.07) is 11.9. The Morgan fingerprint density at radius 1 is 0.967 bits per heavy atom. The molecule has 0 N–H and O–H groups in total. The molecule has 4 aromatic rings. The first-order valence-electron chi connectivity index (χ1n) is 9.51. The Morgan fingerprint density at radius 2 is 1.80 bits per heavy atom. The number of tetrazole rings is 1. The topological polar surface area (TPSA) is 77.0 Å².